The molecule has 0 radical (unpaired) electrons. The third kappa shape index (κ3) is 6.57. The molecule has 1 saturated carbocycles. The van der Waals surface area contributed by atoms with E-state index in [4.69, 9.17) is 11.6 Å². The van der Waals surface area contributed by atoms with Gasteiger partial charge in [0.1, 0.15) is 11.9 Å². The van der Waals surface area contributed by atoms with Crippen molar-refractivity contribution in [2.24, 2.45) is 5.92 Å². The number of hydrogen-bond donors (Lipinski definition) is 1. The van der Waals surface area contributed by atoms with Crippen LogP contribution in [0, 0.1) is 12.8 Å². The SMILES string of the molecule is Cc1ccc([C@@H](C(=O)NC2CCC(C)CC2)N(CCc2ccccc2)C(=O)CCl)cc1. The molecule has 1 aliphatic rings. The summed E-state index contributed by atoms with van der Waals surface area (Å²) in [5, 5.41) is 3.23. The number of nitrogens with zero attached hydrogens (tertiary/aromatic N) is 1. The molecule has 2 aromatic rings. The second kappa shape index (κ2) is 11.3. The second-order valence-electron chi connectivity index (χ2n) is 8.73. The van der Waals surface area contributed by atoms with Gasteiger partial charge in [-0.3, -0.25) is 9.59 Å². The molecule has 0 aliphatic heterocycles. The Morgan fingerprint density at radius 3 is 2.29 bits per heavy atom. The van der Waals surface area contributed by atoms with E-state index in [2.05, 4.69) is 12.2 Å². The van der Waals surface area contributed by atoms with Gasteiger partial charge in [-0.05, 0) is 56.1 Å². The zero-order chi connectivity index (χ0) is 22.2. The third-order valence-electron chi connectivity index (χ3n) is 6.23. The first-order valence-electron chi connectivity index (χ1n) is 11.2. The molecule has 0 spiro atoms. The van der Waals surface area contributed by atoms with Gasteiger partial charge in [-0.1, -0.05) is 67.1 Å². The van der Waals surface area contributed by atoms with E-state index in [1.54, 1.807) is 4.90 Å². The van der Waals surface area contributed by atoms with Crippen molar-refractivity contribution in [3.63, 3.8) is 0 Å². The van der Waals surface area contributed by atoms with Crippen LogP contribution in [-0.4, -0.2) is 35.2 Å². The van der Waals surface area contributed by atoms with Gasteiger partial charge < -0.3 is 10.2 Å². The maximum Gasteiger partial charge on any atom is 0.247 e. The molecule has 2 amide bonds. The molecule has 4 nitrogen and oxygen atoms in total. The number of aryl methyl sites for hydroxylation is 1. The molecule has 31 heavy (non-hydrogen) atoms. The fraction of sp³-hybridized carbons (Fsp3) is 0.462. The molecular formula is C26H33ClN2O2. The average Bonchev–Trinajstić information content (AvgIpc) is 2.79. The van der Waals surface area contributed by atoms with Crippen LogP contribution in [0.2, 0.25) is 0 Å². The van der Waals surface area contributed by atoms with Crippen molar-refractivity contribution in [1.82, 2.24) is 10.2 Å². The van der Waals surface area contributed by atoms with E-state index in [9.17, 15) is 9.59 Å². The van der Waals surface area contributed by atoms with E-state index in [0.717, 1.165) is 42.4 Å². The number of amides is 2. The highest BCUT2D eigenvalue weighted by Gasteiger charge is 2.32. The van der Waals surface area contributed by atoms with Gasteiger partial charge in [0, 0.05) is 12.6 Å². The van der Waals surface area contributed by atoms with Crippen molar-refractivity contribution in [2.75, 3.05) is 12.4 Å². The Hall–Kier alpha value is -2.33. The van der Waals surface area contributed by atoms with Crippen LogP contribution in [0.15, 0.2) is 54.6 Å². The monoisotopic (exact) mass is 440 g/mol. The van der Waals surface area contributed by atoms with Crippen LogP contribution in [0.3, 0.4) is 0 Å². The van der Waals surface area contributed by atoms with Crippen LogP contribution in [0.4, 0.5) is 0 Å². The normalized spacial score (nSPS) is 19.5. The van der Waals surface area contributed by atoms with Gasteiger partial charge in [-0.25, -0.2) is 0 Å². The standard InChI is InChI=1S/C26H33ClN2O2/c1-19-8-12-22(13-9-19)25(26(31)28-23-14-10-20(2)11-15-23)29(24(30)18-27)17-16-21-6-4-3-5-7-21/h3-9,12-13,20,23,25H,10-11,14-18H2,1-2H3,(H,28,31)/t20?,23?,25-/m0/s1. The molecule has 0 aromatic heterocycles. The first-order chi connectivity index (χ1) is 15.0. The van der Waals surface area contributed by atoms with Crippen LogP contribution in [0.25, 0.3) is 0 Å². The van der Waals surface area contributed by atoms with Crippen LogP contribution >= 0.6 is 11.6 Å². The lowest BCUT2D eigenvalue weighted by Crippen LogP contribution is -2.48. The van der Waals surface area contributed by atoms with Crippen molar-refractivity contribution < 1.29 is 9.59 Å². The third-order valence-corrected chi connectivity index (χ3v) is 6.46. The molecule has 0 bridgehead atoms. The highest BCUT2D eigenvalue weighted by Crippen LogP contribution is 2.27. The summed E-state index contributed by atoms with van der Waals surface area (Å²) in [6, 6.07) is 17.3. The molecule has 166 valence electrons. The first kappa shape index (κ1) is 23.3. The zero-order valence-corrected chi connectivity index (χ0v) is 19.3. The molecule has 1 aliphatic carbocycles. The number of nitrogens with one attached hydrogen (secondary N) is 1. The summed E-state index contributed by atoms with van der Waals surface area (Å²) in [6.07, 6.45) is 4.89. The molecule has 1 fully saturated rings. The molecule has 1 atom stereocenters. The summed E-state index contributed by atoms with van der Waals surface area (Å²) in [4.78, 5) is 28.0. The molecule has 3 rings (SSSR count). The molecule has 1 N–H and O–H groups in total. The van der Waals surface area contributed by atoms with Crippen molar-refractivity contribution in [3.8, 4) is 0 Å². The van der Waals surface area contributed by atoms with Crippen molar-refractivity contribution in [3.05, 3.63) is 71.3 Å². The van der Waals surface area contributed by atoms with Crippen molar-refractivity contribution in [2.45, 2.75) is 58.0 Å². The van der Waals surface area contributed by atoms with E-state index >= 15 is 0 Å². The second-order valence-corrected chi connectivity index (χ2v) is 9.00. The Labute approximate surface area is 191 Å². The molecule has 5 heteroatoms. The van der Waals surface area contributed by atoms with Gasteiger partial charge in [-0.2, -0.15) is 0 Å². The maximum absolute atomic E-state index is 13.5. The smallest absolute Gasteiger partial charge is 0.247 e. The predicted octanol–water partition coefficient (Wildman–Crippen LogP) is 5.04. The summed E-state index contributed by atoms with van der Waals surface area (Å²) >= 11 is 5.97. The largest absolute Gasteiger partial charge is 0.351 e. The number of rotatable bonds is 8. The number of carbonyl (C=O) groups is 2. The van der Waals surface area contributed by atoms with Gasteiger partial charge in [-0.15, -0.1) is 11.6 Å². The fourth-order valence-corrected chi connectivity index (χ4v) is 4.43. The van der Waals surface area contributed by atoms with E-state index < -0.39 is 6.04 Å². The van der Waals surface area contributed by atoms with Crippen molar-refractivity contribution in [1.29, 1.82) is 0 Å². The lowest BCUT2D eigenvalue weighted by atomic mass is 9.87. The first-order valence-corrected chi connectivity index (χ1v) is 11.8. The van der Waals surface area contributed by atoms with Crippen LogP contribution in [0.5, 0.6) is 0 Å². The quantitative estimate of drug-likeness (QED) is 0.584. The maximum atomic E-state index is 13.5. The Morgan fingerprint density at radius 2 is 1.68 bits per heavy atom. The topological polar surface area (TPSA) is 49.4 Å². The van der Waals surface area contributed by atoms with E-state index in [-0.39, 0.29) is 23.7 Å². The summed E-state index contributed by atoms with van der Waals surface area (Å²) in [5.41, 5.74) is 3.06. The molecule has 0 saturated heterocycles. The van der Waals surface area contributed by atoms with Crippen LogP contribution < -0.4 is 5.32 Å². The molecule has 0 unspecified atom stereocenters. The fourth-order valence-electron chi connectivity index (χ4n) is 4.27. The van der Waals surface area contributed by atoms with Gasteiger partial charge in [0.2, 0.25) is 11.8 Å². The summed E-state index contributed by atoms with van der Waals surface area (Å²) in [7, 11) is 0. The summed E-state index contributed by atoms with van der Waals surface area (Å²) < 4.78 is 0. The molecular weight excluding hydrogens is 408 g/mol. The van der Waals surface area contributed by atoms with Gasteiger partial charge in [0.25, 0.3) is 0 Å². The Morgan fingerprint density at radius 1 is 1.03 bits per heavy atom. The number of alkyl halides is 1. The minimum Gasteiger partial charge on any atom is -0.351 e. The Balaban J connectivity index is 1.84. The number of benzene rings is 2. The van der Waals surface area contributed by atoms with E-state index in [0.29, 0.717) is 18.9 Å². The van der Waals surface area contributed by atoms with Crippen LogP contribution in [-0.2, 0) is 16.0 Å². The van der Waals surface area contributed by atoms with Crippen LogP contribution in [0.1, 0.15) is 55.3 Å². The number of carbonyl (C=O) groups excluding carboxylic acids is 2. The van der Waals surface area contributed by atoms with Gasteiger partial charge in [0.15, 0.2) is 0 Å². The highest BCUT2D eigenvalue weighted by molar-refractivity contribution is 6.27. The average molecular weight is 441 g/mol. The van der Waals surface area contributed by atoms with Gasteiger partial charge >= 0.3 is 0 Å². The zero-order valence-electron chi connectivity index (χ0n) is 18.5. The van der Waals surface area contributed by atoms with Crippen molar-refractivity contribution >= 4 is 23.4 Å². The lowest BCUT2D eigenvalue weighted by molar-refractivity contribution is -0.139. The number of halogens is 1. The molecule has 0 heterocycles. The number of hydrogen-bond acceptors (Lipinski definition) is 2. The predicted molar refractivity (Wildman–Crippen MR) is 126 cm³/mol. The highest BCUT2D eigenvalue weighted by atomic mass is 35.5. The molecule has 2 aromatic carbocycles. The summed E-state index contributed by atoms with van der Waals surface area (Å²) in [6.45, 7) is 4.71. The van der Waals surface area contributed by atoms with E-state index in [1.165, 1.54) is 0 Å². The lowest BCUT2D eigenvalue weighted by Gasteiger charge is -2.34. The summed E-state index contributed by atoms with van der Waals surface area (Å²) in [5.74, 6) is 0.220. The Kier molecular flexibility index (Phi) is 8.53. The Bertz CT molecular complexity index is 845. The minimum atomic E-state index is -0.685. The minimum absolute atomic E-state index is 0.116. The van der Waals surface area contributed by atoms with E-state index in [1.807, 2.05) is 61.5 Å². The van der Waals surface area contributed by atoms with Gasteiger partial charge in [0.05, 0.1) is 0 Å².